The molecule has 0 saturated heterocycles. The Bertz CT molecular complexity index is 568. The van der Waals surface area contributed by atoms with Gasteiger partial charge in [0.1, 0.15) is 11.5 Å². The second-order valence-corrected chi connectivity index (χ2v) is 5.05. The highest BCUT2D eigenvalue weighted by atomic mass is 35.5. The van der Waals surface area contributed by atoms with E-state index in [1.165, 1.54) is 5.56 Å². The Morgan fingerprint density at radius 2 is 1.89 bits per heavy atom. The third kappa shape index (κ3) is 3.21. The van der Waals surface area contributed by atoms with Gasteiger partial charge in [0, 0.05) is 5.69 Å². The predicted molar refractivity (Wildman–Crippen MR) is 81.1 cm³/mol. The zero-order valence-corrected chi connectivity index (χ0v) is 11.9. The topological polar surface area (TPSA) is 35.2 Å². The van der Waals surface area contributed by atoms with E-state index in [1.807, 2.05) is 18.2 Å². The van der Waals surface area contributed by atoms with Gasteiger partial charge in [-0.3, -0.25) is 0 Å². The fourth-order valence-corrected chi connectivity index (χ4v) is 2.15. The van der Waals surface area contributed by atoms with Crippen LogP contribution in [0.5, 0.6) is 11.5 Å². The molecule has 100 valence electrons. The van der Waals surface area contributed by atoms with Crippen molar-refractivity contribution in [3.8, 4) is 11.5 Å². The molecule has 1 unspecified atom stereocenters. The highest BCUT2D eigenvalue weighted by molar-refractivity contribution is 6.32. The molecular weight excluding hydrogens is 258 g/mol. The van der Waals surface area contributed by atoms with Gasteiger partial charge < -0.3 is 10.5 Å². The first-order valence-electron chi connectivity index (χ1n) is 6.43. The average Bonchev–Trinajstić information content (AvgIpc) is 2.41. The lowest BCUT2D eigenvalue weighted by Crippen LogP contribution is -1.96. The Balaban J connectivity index is 2.33. The molecule has 0 bridgehead atoms. The summed E-state index contributed by atoms with van der Waals surface area (Å²) in [6.45, 7) is 4.35. The number of para-hydroxylation sites is 1. The number of hydrogen-bond acceptors (Lipinski definition) is 2. The molecule has 0 saturated carbocycles. The molecule has 0 aliphatic carbocycles. The lowest BCUT2D eigenvalue weighted by molar-refractivity contribution is 0.470. The summed E-state index contributed by atoms with van der Waals surface area (Å²) < 4.78 is 5.93. The highest BCUT2D eigenvalue weighted by Crippen LogP contribution is 2.35. The maximum Gasteiger partial charge on any atom is 0.146 e. The van der Waals surface area contributed by atoms with Gasteiger partial charge >= 0.3 is 0 Å². The molecule has 19 heavy (non-hydrogen) atoms. The second-order valence-electron chi connectivity index (χ2n) is 4.64. The molecule has 2 aromatic rings. The lowest BCUT2D eigenvalue weighted by Gasteiger charge is -2.16. The number of hydrogen-bond donors (Lipinski definition) is 1. The van der Waals surface area contributed by atoms with Crippen molar-refractivity contribution >= 4 is 17.3 Å². The summed E-state index contributed by atoms with van der Waals surface area (Å²) in [4.78, 5) is 0. The van der Waals surface area contributed by atoms with Gasteiger partial charge in [-0.1, -0.05) is 43.6 Å². The van der Waals surface area contributed by atoms with E-state index in [0.29, 0.717) is 22.4 Å². The highest BCUT2D eigenvalue weighted by Gasteiger charge is 2.11. The first kappa shape index (κ1) is 13.8. The second kappa shape index (κ2) is 5.98. The summed E-state index contributed by atoms with van der Waals surface area (Å²) >= 11 is 6.14. The van der Waals surface area contributed by atoms with Gasteiger partial charge in [-0.25, -0.2) is 0 Å². The minimum Gasteiger partial charge on any atom is -0.456 e. The van der Waals surface area contributed by atoms with E-state index in [0.717, 1.165) is 12.2 Å². The van der Waals surface area contributed by atoms with Crippen LogP contribution in [0, 0.1) is 0 Å². The van der Waals surface area contributed by atoms with Crippen molar-refractivity contribution in [1.82, 2.24) is 0 Å². The standard InChI is InChI=1S/C16H18ClNO/c1-3-11(2)13-6-4-5-7-15(13)19-16-9-8-12(18)10-14(16)17/h4-11H,3,18H2,1-2H3. The summed E-state index contributed by atoms with van der Waals surface area (Å²) in [5.41, 5.74) is 7.51. The van der Waals surface area contributed by atoms with Crippen molar-refractivity contribution in [2.45, 2.75) is 26.2 Å². The summed E-state index contributed by atoms with van der Waals surface area (Å²) in [7, 11) is 0. The van der Waals surface area contributed by atoms with Gasteiger partial charge in [-0.15, -0.1) is 0 Å². The first-order chi connectivity index (χ1) is 9.11. The van der Waals surface area contributed by atoms with Crippen LogP contribution < -0.4 is 10.5 Å². The van der Waals surface area contributed by atoms with Gasteiger partial charge in [0.15, 0.2) is 0 Å². The third-order valence-electron chi connectivity index (χ3n) is 3.24. The maximum atomic E-state index is 6.14. The van der Waals surface area contributed by atoms with E-state index < -0.39 is 0 Å². The SMILES string of the molecule is CCC(C)c1ccccc1Oc1ccc(N)cc1Cl. The van der Waals surface area contributed by atoms with Crippen LogP contribution in [0.4, 0.5) is 5.69 Å². The third-order valence-corrected chi connectivity index (χ3v) is 3.53. The Hall–Kier alpha value is -1.67. The zero-order chi connectivity index (χ0) is 13.8. The fourth-order valence-electron chi connectivity index (χ4n) is 1.92. The smallest absolute Gasteiger partial charge is 0.146 e. The van der Waals surface area contributed by atoms with Gasteiger partial charge in [0.25, 0.3) is 0 Å². The number of halogens is 1. The summed E-state index contributed by atoms with van der Waals surface area (Å²) in [5, 5.41) is 0.527. The normalized spacial score (nSPS) is 12.2. The minimum absolute atomic E-state index is 0.448. The van der Waals surface area contributed by atoms with Crippen molar-refractivity contribution in [3.63, 3.8) is 0 Å². The average molecular weight is 276 g/mol. The molecule has 2 N–H and O–H groups in total. The first-order valence-corrected chi connectivity index (χ1v) is 6.81. The van der Waals surface area contributed by atoms with Gasteiger partial charge in [0.2, 0.25) is 0 Å². The Morgan fingerprint density at radius 3 is 2.58 bits per heavy atom. The molecule has 0 aromatic heterocycles. The van der Waals surface area contributed by atoms with Crippen LogP contribution in [-0.2, 0) is 0 Å². The maximum absolute atomic E-state index is 6.14. The molecule has 3 heteroatoms. The van der Waals surface area contributed by atoms with Crippen LogP contribution in [0.25, 0.3) is 0 Å². The molecule has 2 rings (SSSR count). The number of ether oxygens (including phenoxy) is 1. The quantitative estimate of drug-likeness (QED) is 0.776. The van der Waals surface area contributed by atoms with E-state index in [2.05, 4.69) is 19.9 Å². The van der Waals surface area contributed by atoms with Crippen molar-refractivity contribution in [2.24, 2.45) is 0 Å². The molecule has 1 atom stereocenters. The van der Waals surface area contributed by atoms with Crippen LogP contribution in [0.15, 0.2) is 42.5 Å². The largest absolute Gasteiger partial charge is 0.456 e. The number of nitrogen functional groups attached to an aromatic ring is 1. The Labute approximate surface area is 119 Å². The van der Waals surface area contributed by atoms with Crippen molar-refractivity contribution in [1.29, 1.82) is 0 Å². The lowest BCUT2D eigenvalue weighted by atomic mass is 9.98. The molecule has 0 amide bonds. The van der Waals surface area contributed by atoms with Crippen molar-refractivity contribution in [2.75, 3.05) is 5.73 Å². The van der Waals surface area contributed by atoms with Crippen molar-refractivity contribution in [3.05, 3.63) is 53.1 Å². The van der Waals surface area contributed by atoms with E-state index in [9.17, 15) is 0 Å². The molecular formula is C16H18ClNO. The molecule has 0 heterocycles. The molecule has 0 spiro atoms. The Morgan fingerprint density at radius 1 is 1.16 bits per heavy atom. The zero-order valence-electron chi connectivity index (χ0n) is 11.2. The van der Waals surface area contributed by atoms with Crippen LogP contribution in [-0.4, -0.2) is 0 Å². The van der Waals surface area contributed by atoms with Crippen LogP contribution in [0.2, 0.25) is 5.02 Å². The van der Waals surface area contributed by atoms with Crippen LogP contribution in [0.3, 0.4) is 0 Å². The minimum atomic E-state index is 0.448. The van der Waals surface area contributed by atoms with E-state index in [1.54, 1.807) is 18.2 Å². The number of benzene rings is 2. The van der Waals surface area contributed by atoms with E-state index >= 15 is 0 Å². The Kier molecular flexibility index (Phi) is 4.33. The van der Waals surface area contributed by atoms with Crippen molar-refractivity contribution < 1.29 is 4.74 Å². The molecule has 0 aliphatic rings. The predicted octanol–water partition coefficient (Wildman–Crippen LogP) is 5.23. The monoisotopic (exact) mass is 275 g/mol. The van der Waals surface area contributed by atoms with Crippen LogP contribution >= 0.6 is 11.6 Å². The van der Waals surface area contributed by atoms with E-state index in [4.69, 9.17) is 22.1 Å². The van der Waals surface area contributed by atoms with Gasteiger partial charge in [0.05, 0.1) is 5.02 Å². The molecule has 2 nitrogen and oxygen atoms in total. The summed E-state index contributed by atoms with van der Waals surface area (Å²) in [6, 6.07) is 13.3. The number of rotatable bonds is 4. The number of nitrogens with two attached hydrogens (primary N) is 1. The van der Waals surface area contributed by atoms with Gasteiger partial charge in [-0.05, 0) is 42.2 Å². The fraction of sp³-hybridized carbons (Fsp3) is 0.250. The van der Waals surface area contributed by atoms with E-state index in [-0.39, 0.29) is 0 Å². The number of anilines is 1. The van der Waals surface area contributed by atoms with Gasteiger partial charge in [-0.2, -0.15) is 0 Å². The molecule has 0 radical (unpaired) electrons. The summed E-state index contributed by atoms with van der Waals surface area (Å²) in [5.74, 6) is 1.93. The molecule has 0 fully saturated rings. The summed E-state index contributed by atoms with van der Waals surface area (Å²) in [6.07, 6.45) is 1.07. The van der Waals surface area contributed by atoms with Crippen LogP contribution in [0.1, 0.15) is 31.7 Å². The molecule has 0 aliphatic heterocycles. The molecule has 2 aromatic carbocycles.